The van der Waals surface area contributed by atoms with E-state index < -0.39 is 0 Å². The van der Waals surface area contributed by atoms with Crippen LogP contribution >= 0.6 is 0 Å². The van der Waals surface area contributed by atoms with Crippen molar-refractivity contribution in [1.29, 1.82) is 5.26 Å². The van der Waals surface area contributed by atoms with Gasteiger partial charge < -0.3 is 15.3 Å². The smallest absolute Gasteiger partial charge is 0.0991 e. The van der Waals surface area contributed by atoms with Crippen molar-refractivity contribution in [2.24, 2.45) is 0 Å². The zero-order valence-electron chi connectivity index (χ0n) is 9.93. The average Bonchev–Trinajstić information content (AvgIpc) is 2.51. The van der Waals surface area contributed by atoms with Gasteiger partial charge in [0.25, 0.3) is 0 Å². The highest BCUT2D eigenvalue weighted by Crippen LogP contribution is 2.17. The Bertz CT molecular complexity index is 398. The summed E-state index contributed by atoms with van der Waals surface area (Å²) in [6.07, 6.45) is -0.351. The third-order valence-electron chi connectivity index (χ3n) is 2.99. The molecule has 1 aromatic rings. The lowest BCUT2D eigenvalue weighted by Crippen LogP contribution is -2.35. The minimum absolute atomic E-state index is 0.350. The standard InChI is InChI=1S/C13H17N3O/c1-10-8-16(9-13(17)7-15-10)12-4-2-11(6-14)3-5-12/h2-5,10,13,15,17H,7-9H2,1H3. The lowest BCUT2D eigenvalue weighted by Gasteiger charge is -2.25. The molecule has 1 saturated heterocycles. The molecule has 4 nitrogen and oxygen atoms in total. The van der Waals surface area contributed by atoms with Crippen LogP contribution in [0.5, 0.6) is 0 Å². The zero-order valence-corrected chi connectivity index (χ0v) is 9.93. The predicted molar refractivity (Wildman–Crippen MR) is 66.8 cm³/mol. The SMILES string of the molecule is CC1CN(c2ccc(C#N)cc2)CC(O)CN1. The van der Waals surface area contributed by atoms with E-state index in [0.29, 0.717) is 24.7 Å². The maximum atomic E-state index is 9.78. The van der Waals surface area contributed by atoms with Crippen LogP contribution in [0.4, 0.5) is 5.69 Å². The summed E-state index contributed by atoms with van der Waals surface area (Å²) in [4.78, 5) is 2.15. The second-order valence-corrected chi connectivity index (χ2v) is 4.53. The summed E-state index contributed by atoms with van der Waals surface area (Å²) in [5, 5.41) is 21.8. The first kappa shape index (κ1) is 11.9. The van der Waals surface area contributed by atoms with Crippen LogP contribution in [-0.2, 0) is 0 Å². The van der Waals surface area contributed by atoms with Crippen molar-refractivity contribution in [2.45, 2.75) is 19.1 Å². The van der Waals surface area contributed by atoms with Gasteiger partial charge in [0.2, 0.25) is 0 Å². The monoisotopic (exact) mass is 231 g/mol. The van der Waals surface area contributed by atoms with Gasteiger partial charge in [0.15, 0.2) is 0 Å². The van der Waals surface area contributed by atoms with Crippen LogP contribution in [0.25, 0.3) is 0 Å². The second kappa shape index (κ2) is 5.17. The van der Waals surface area contributed by atoms with E-state index >= 15 is 0 Å². The first-order chi connectivity index (χ1) is 8.19. The normalized spacial score (nSPS) is 25.1. The molecule has 1 aliphatic rings. The van der Waals surface area contributed by atoms with Crippen molar-refractivity contribution in [3.63, 3.8) is 0 Å². The average molecular weight is 231 g/mol. The first-order valence-corrected chi connectivity index (χ1v) is 5.85. The maximum absolute atomic E-state index is 9.78. The molecule has 2 N–H and O–H groups in total. The number of aliphatic hydroxyl groups excluding tert-OH is 1. The summed E-state index contributed by atoms with van der Waals surface area (Å²) in [6, 6.07) is 9.94. The fourth-order valence-corrected chi connectivity index (χ4v) is 2.08. The van der Waals surface area contributed by atoms with E-state index in [1.54, 1.807) is 0 Å². The van der Waals surface area contributed by atoms with Gasteiger partial charge in [0.1, 0.15) is 0 Å². The van der Waals surface area contributed by atoms with E-state index in [4.69, 9.17) is 5.26 Å². The van der Waals surface area contributed by atoms with Crippen molar-refractivity contribution in [1.82, 2.24) is 5.32 Å². The molecule has 4 heteroatoms. The Morgan fingerprint density at radius 1 is 1.35 bits per heavy atom. The molecule has 0 amide bonds. The summed E-state index contributed by atoms with van der Waals surface area (Å²) in [7, 11) is 0. The van der Waals surface area contributed by atoms with Crippen molar-refractivity contribution in [2.75, 3.05) is 24.5 Å². The number of nitrogens with one attached hydrogen (secondary N) is 1. The number of anilines is 1. The molecule has 2 rings (SSSR count). The molecule has 90 valence electrons. The van der Waals surface area contributed by atoms with Crippen molar-refractivity contribution in [3.8, 4) is 6.07 Å². The van der Waals surface area contributed by atoms with Crippen LogP contribution < -0.4 is 10.2 Å². The number of nitrogens with zero attached hydrogens (tertiary/aromatic N) is 2. The topological polar surface area (TPSA) is 59.3 Å². The highest BCUT2D eigenvalue weighted by atomic mass is 16.3. The quantitative estimate of drug-likeness (QED) is 0.747. The number of rotatable bonds is 1. The zero-order chi connectivity index (χ0) is 12.3. The summed E-state index contributed by atoms with van der Waals surface area (Å²) >= 11 is 0. The van der Waals surface area contributed by atoms with E-state index in [1.165, 1.54) is 0 Å². The predicted octanol–water partition coefficient (Wildman–Crippen LogP) is 0.717. The highest BCUT2D eigenvalue weighted by molar-refractivity contribution is 5.50. The van der Waals surface area contributed by atoms with Crippen molar-refractivity contribution in [3.05, 3.63) is 29.8 Å². The highest BCUT2D eigenvalue weighted by Gasteiger charge is 2.19. The van der Waals surface area contributed by atoms with E-state index in [1.807, 2.05) is 24.3 Å². The number of β-amino-alcohol motifs (C(OH)–C–C–N with tert-alkyl or cyclic N) is 1. The number of aliphatic hydroxyl groups is 1. The minimum Gasteiger partial charge on any atom is -0.390 e. The van der Waals surface area contributed by atoms with Crippen LogP contribution in [0.15, 0.2) is 24.3 Å². The summed E-state index contributed by atoms with van der Waals surface area (Å²) < 4.78 is 0. The number of nitriles is 1. The molecule has 0 aromatic heterocycles. The van der Waals surface area contributed by atoms with Gasteiger partial charge in [-0.05, 0) is 31.2 Å². The Kier molecular flexibility index (Phi) is 3.62. The summed E-state index contributed by atoms with van der Waals surface area (Å²) in [5.41, 5.74) is 1.72. The van der Waals surface area contributed by atoms with Crippen LogP contribution in [0.3, 0.4) is 0 Å². The molecule has 0 bridgehead atoms. The number of benzene rings is 1. The van der Waals surface area contributed by atoms with Crippen molar-refractivity contribution >= 4 is 5.69 Å². The van der Waals surface area contributed by atoms with Crippen LogP contribution in [0, 0.1) is 11.3 Å². The van der Waals surface area contributed by atoms with Gasteiger partial charge in [0, 0.05) is 31.4 Å². The van der Waals surface area contributed by atoms with Gasteiger partial charge >= 0.3 is 0 Å². The Morgan fingerprint density at radius 3 is 2.71 bits per heavy atom. The van der Waals surface area contributed by atoms with Gasteiger partial charge in [0.05, 0.1) is 17.7 Å². The Balaban J connectivity index is 2.16. The molecule has 1 fully saturated rings. The van der Waals surface area contributed by atoms with Gasteiger partial charge in [-0.1, -0.05) is 0 Å². The molecule has 0 aliphatic carbocycles. The van der Waals surface area contributed by atoms with E-state index in [2.05, 4.69) is 23.2 Å². The third-order valence-corrected chi connectivity index (χ3v) is 2.99. The molecular formula is C13H17N3O. The second-order valence-electron chi connectivity index (χ2n) is 4.53. The molecular weight excluding hydrogens is 214 g/mol. The number of hydrogen-bond donors (Lipinski definition) is 2. The van der Waals surface area contributed by atoms with Gasteiger partial charge in [-0.3, -0.25) is 0 Å². The largest absolute Gasteiger partial charge is 0.390 e. The lowest BCUT2D eigenvalue weighted by molar-refractivity contribution is 0.183. The van der Waals surface area contributed by atoms with Gasteiger partial charge in [-0.25, -0.2) is 0 Å². The van der Waals surface area contributed by atoms with Crippen molar-refractivity contribution < 1.29 is 5.11 Å². The minimum atomic E-state index is -0.351. The van der Waals surface area contributed by atoms with Gasteiger partial charge in [-0.15, -0.1) is 0 Å². The first-order valence-electron chi connectivity index (χ1n) is 5.85. The van der Waals surface area contributed by atoms with Gasteiger partial charge in [-0.2, -0.15) is 5.26 Å². The Hall–Kier alpha value is -1.57. The Labute approximate surface area is 101 Å². The molecule has 1 heterocycles. The molecule has 2 atom stereocenters. The maximum Gasteiger partial charge on any atom is 0.0991 e. The Morgan fingerprint density at radius 2 is 2.06 bits per heavy atom. The molecule has 1 aromatic carbocycles. The molecule has 17 heavy (non-hydrogen) atoms. The van der Waals surface area contributed by atoms with Crippen LogP contribution in [-0.4, -0.2) is 36.9 Å². The number of hydrogen-bond acceptors (Lipinski definition) is 4. The summed E-state index contributed by atoms with van der Waals surface area (Å²) in [5.74, 6) is 0. The molecule has 0 radical (unpaired) electrons. The van der Waals surface area contributed by atoms with Crippen LogP contribution in [0.1, 0.15) is 12.5 Å². The van der Waals surface area contributed by atoms with E-state index in [-0.39, 0.29) is 6.10 Å². The van der Waals surface area contributed by atoms with E-state index in [9.17, 15) is 5.11 Å². The molecule has 0 spiro atoms. The molecule has 1 aliphatic heterocycles. The fraction of sp³-hybridized carbons (Fsp3) is 0.462. The molecule has 2 unspecified atom stereocenters. The fourth-order valence-electron chi connectivity index (χ4n) is 2.08. The third kappa shape index (κ3) is 2.96. The summed E-state index contributed by atoms with van der Waals surface area (Å²) in [6.45, 7) is 4.23. The van der Waals surface area contributed by atoms with Crippen LogP contribution in [0.2, 0.25) is 0 Å². The molecule has 0 saturated carbocycles. The lowest BCUT2D eigenvalue weighted by atomic mass is 10.2. The van der Waals surface area contributed by atoms with E-state index in [0.717, 1.165) is 12.2 Å².